The van der Waals surface area contributed by atoms with Gasteiger partial charge in [0.05, 0.1) is 5.56 Å². The summed E-state index contributed by atoms with van der Waals surface area (Å²) in [5.41, 5.74) is 0.931. The number of likely N-dealkylation sites (tertiary alicyclic amines) is 1. The average Bonchev–Trinajstić information content (AvgIpc) is 2.95. The van der Waals surface area contributed by atoms with E-state index in [1.54, 1.807) is 0 Å². The largest absolute Gasteiger partial charge is 0.480 e. The topological polar surface area (TPSA) is 86.7 Å². The second kappa shape index (κ2) is 5.40. The smallest absolute Gasteiger partial charge is 0.326 e. The highest BCUT2D eigenvalue weighted by atomic mass is 19.1. The van der Waals surface area contributed by atoms with Crippen LogP contribution in [0.3, 0.4) is 0 Å². The van der Waals surface area contributed by atoms with Crippen molar-refractivity contribution in [2.45, 2.75) is 31.7 Å². The summed E-state index contributed by atoms with van der Waals surface area (Å²) in [4.78, 5) is 36.1. The number of aliphatic carboxylic acids is 1. The number of nitrogens with one attached hydrogen (secondary N) is 1. The molecule has 2 aliphatic heterocycles. The molecular formula is C15H15FN2O4. The van der Waals surface area contributed by atoms with Gasteiger partial charge < -0.3 is 15.3 Å². The first-order valence-corrected chi connectivity index (χ1v) is 7.13. The van der Waals surface area contributed by atoms with Gasteiger partial charge in [-0.15, -0.1) is 0 Å². The van der Waals surface area contributed by atoms with Crippen LogP contribution in [-0.2, 0) is 16.0 Å². The van der Waals surface area contributed by atoms with Crippen LogP contribution in [0.2, 0.25) is 0 Å². The molecule has 0 unspecified atom stereocenters. The quantitative estimate of drug-likeness (QED) is 0.864. The number of halogens is 1. The van der Waals surface area contributed by atoms with Crippen molar-refractivity contribution in [2.75, 3.05) is 11.9 Å². The number of carbonyl (C=O) groups excluding carboxylic acids is 2. The van der Waals surface area contributed by atoms with Crippen molar-refractivity contribution in [1.29, 1.82) is 0 Å². The predicted octanol–water partition coefficient (Wildman–Crippen LogP) is 1.40. The zero-order chi connectivity index (χ0) is 15.9. The van der Waals surface area contributed by atoms with E-state index >= 15 is 0 Å². The maximum absolute atomic E-state index is 14.2. The van der Waals surface area contributed by atoms with Crippen LogP contribution in [0.1, 0.15) is 35.2 Å². The lowest BCUT2D eigenvalue weighted by Gasteiger charge is -2.23. The van der Waals surface area contributed by atoms with Crippen LogP contribution in [-0.4, -0.2) is 40.4 Å². The number of aryl methyl sites for hydroxylation is 1. The summed E-state index contributed by atoms with van der Waals surface area (Å²) in [6.45, 7) is 0.309. The van der Waals surface area contributed by atoms with E-state index in [1.807, 2.05) is 0 Å². The monoisotopic (exact) mass is 306 g/mol. The molecule has 2 heterocycles. The van der Waals surface area contributed by atoms with Crippen LogP contribution < -0.4 is 5.32 Å². The molecule has 3 rings (SSSR count). The molecule has 1 fully saturated rings. The van der Waals surface area contributed by atoms with Gasteiger partial charge in [0.1, 0.15) is 11.9 Å². The van der Waals surface area contributed by atoms with Crippen molar-refractivity contribution in [3.63, 3.8) is 0 Å². The van der Waals surface area contributed by atoms with Gasteiger partial charge in [0, 0.05) is 18.7 Å². The fourth-order valence-electron chi connectivity index (χ4n) is 2.99. The van der Waals surface area contributed by atoms with Gasteiger partial charge >= 0.3 is 5.97 Å². The normalized spacial score (nSPS) is 20.5. The van der Waals surface area contributed by atoms with E-state index in [2.05, 4.69) is 5.32 Å². The first-order valence-electron chi connectivity index (χ1n) is 7.13. The van der Waals surface area contributed by atoms with Crippen LogP contribution in [0.5, 0.6) is 0 Å². The zero-order valence-electron chi connectivity index (χ0n) is 11.8. The summed E-state index contributed by atoms with van der Waals surface area (Å²) in [6.07, 6.45) is 1.69. The number of hydrogen-bond donors (Lipinski definition) is 2. The summed E-state index contributed by atoms with van der Waals surface area (Å²) >= 11 is 0. The Bertz CT molecular complexity index is 674. The summed E-state index contributed by atoms with van der Waals surface area (Å²) in [6, 6.07) is 1.65. The molecule has 2 aliphatic rings. The van der Waals surface area contributed by atoms with Crippen molar-refractivity contribution >= 4 is 23.5 Å². The van der Waals surface area contributed by atoms with Crippen LogP contribution >= 0.6 is 0 Å². The Hall–Kier alpha value is -2.44. The van der Waals surface area contributed by atoms with Crippen molar-refractivity contribution in [2.24, 2.45) is 0 Å². The number of hydrogen-bond acceptors (Lipinski definition) is 3. The lowest BCUT2D eigenvalue weighted by atomic mass is 9.99. The number of benzene rings is 1. The third kappa shape index (κ3) is 2.43. The number of rotatable bonds is 2. The first-order chi connectivity index (χ1) is 10.5. The number of amides is 2. The zero-order valence-corrected chi connectivity index (χ0v) is 11.8. The highest BCUT2D eigenvalue weighted by Gasteiger charge is 2.35. The van der Waals surface area contributed by atoms with Crippen molar-refractivity contribution in [3.8, 4) is 0 Å². The number of nitrogens with zero attached hydrogens (tertiary/aromatic N) is 1. The summed E-state index contributed by atoms with van der Waals surface area (Å²) in [5, 5.41) is 11.7. The predicted molar refractivity (Wildman–Crippen MR) is 75.0 cm³/mol. The molecule has 2 amide bonds. The van der Waals surface area contributed by atoms with E-state index in [0.717, 1.165) is 6.07 Å². The Morgan fingerprint density at radius 2 is 2.09 bits per heavy atom. The highest BCUT2D eigenvalue weighted by Crippen LogP contribution is 2.28. The lowest BCUT2D eigenvalue weighted by Crippen LogP contribution is -2.40. The van der Waals surface area contributed by atoms with Gasteiger partial charge in [-0.3, -0.25) is 9.59 Å². The molecule has 0 radical (unpaired) electrons. The fraction of sp³-hybridized carbons (Fsp3) is 0.400. The SMILES string of the molecule is O=C1CCc2cc(C(=O)N3CCC[C@@H]3C(=O)O)c(F)cc2N1. The minimum atomic E-state index is -1.07. The van der Waals surface area contributed by atoms with Crippen molar-refractivity contribution in [3.05, 3.63) is 29.1 Å². The van der Waals surface area contributed by atoms with E-state index < -0.39 is 23.7 Å². The molecular weight excluding hydrogens is 291 g/mol. The van der Waals surface area contributed by atoms with Gasteiger partial charge in [0.15, 0.2) is 0 Å². The second-order valence-electron chi connectivity index (χ2n) is 5.53. The highest BCUT2D eigenvalue weighted by molar-refractivity contribution is 5.99. The molecule has 0 spiro atoms. The molecule has 0 aromatic heterocycles. The second-order valence-corrected chi connectivity index (χ2v) is 5.53. The molecule has 116 valence electrons. The summed E-state index contributed by atoms with van der Waals surface area (Å²) in [5.74, 6) is -2.61. The Morgan fingerprint density at radius 1 is 1.32 bits per heavy atom. The first kappa shape index (κ1) is 14.5. The molecule has 1 atom stereocenters. The van der Waals surface area contributed by atoms with E-state index in [4.69, 9.17) is 5.11 Å². The minimum Gasteiger partial charge on any atom is -0.480 e. The average molecular weight is 306 g/mol. The van der Waals surface area contributed by atoms with E-state index in [0.29, 0.717) is 37.1 Å². The van der Waals surface area contributed by atoms with Gasteiger partial charge in [-0.05, 0) is 37.0 Å². The van der Waals surface area contributed by atoms with Gasteiger partial charge in [0.25, 0.3) is 5.91 Å². The minimum absolute atomic E-state index is 0.136. The number of carbonyl (C=O) groups is 3. The number of carboxylic acid groups (broad SMARTS) is 1. The Balaban J connectivity index is 1.93. The Labute approximate surface area is 125 Å². The molecule has 0 aliphatic carbocycles. The van der Waals surface area contributed by atoms with Crippen LogP contribution in [0.25, 0.3) is 0 Å². The van der Waals surface area contributed by atoms with Crippen molar-refractivity contribution < 1.29 is 23.9 Å². The fourth-order valence-corrected chi connectivity index (χ4v) is 2.99. The molecule has 1 saturated heterocycles. The maximum atomic E-state index is 14.2. The Kier molecular flexibility index (Phi) is 3.56. The van der Waals surface area contributed by atoms with Gasteiger partial charge in [0.2, 0.25) is 5.91 Å². The van der Waals surface area contributed by atoms with Gasteiger partial charge in [-0.1, -0.05) is 0 Å². The van der Waals surface area contributed by atoms with E-state index in [-0.39, 0.29) is 17.9 Å². The Morgan fingerprint density at radius 3 is 2.82 bits per heavy atom. The molecule has 1 aromatic rings. The maximum Gasteiger partial charge on any atom is 0.326 e. The molecule has 22 heavy (non-hydrogen) atoms. The third-order valence-electron chi connectivity index (χ3n) is 4.12. The summed E-state index contributed by atoms with van der Waals surface area (Å²) in [7, 11) is 0. The van der Waals surface area contributed by atoms with E-state index in [9.17, 15) is 18.8 Å². The van der Waals surface area contributed by atoms with Crippen LogP contribution in [0.15, 0.2) is 12.1 Å². The van der Waals surface area contributed by atoms with Crippen molar-refractivity contribution in [1.82, 2.24) is 4.90 Å². The number of anilines is 1. The van der Waals surface area contributed by atoms with Gasteiger partial charge in [-0.25, -0.2) is 9.18 Å². The molecule has 6 nitrogen and oxygen atoms in total. The standard InChI is InChI=1S/C15H15FN2O4/c16-10-7-11-8(3-4-13(19)17-11)6-9(10)14(20)18-5-1-2-12(18)15(21)22/h6-7,12H,1-5H2,(H,17,19)(H,21,22)/t12-/m1/s1. The molecule has 0 bridgehead atoms. The molecule has 2 N–H and O–H groups in total. The molecule has 1 aromatic carbocycles. The van der Waals surface area contributed by atoms with Crippen LogP contribution in [0, 0.1) is 5.82 Å². The van der Waals surface area contributed by atoms with Crippen LogP contribution in [0.4, 0.5) is 10.1 Å². The van der Waals surface area contributed by atoms with Gasteiger partial charge in [-0.2, -0.15) is 0 Å². The van der Waals surface area contributed by atoms with E-state index in [1.165, 1.54) is 11.0 Å². The number of fused-ring (bicyclic) bond motifs is 1. The lowest BCUT2D eigenvalue weighted by molar-refractivity contribution is -0.141. The summed E-state index contributed by atoms with van der Waals surface area (Å²) < 4.78 is 14.2. The molecule has 0 saturated carbocycles. The number of carboxylic acids is 1. The molecule has 7 heteroatoms. The third-order valence-corrected chi connectivity index (χ3v) is 4.12.